The van der Waals surface area contributed by atoms with Crippen molar-refractivity contribution in [2.45, 2.75) is 39.7 Å². The fourth-order valence-electron chi connectivity index (χ4n) is 2.80. The van der Waals surface area contributed by atoms with Gasteiger partial charge in [-0.05, 0) is 44.5 Å². The second-order valence-corrected chi connectivity index (χ2v) is 5.67. The number of rotatable bonds is 5. The van der Waals surface area contributed by atoms with Crippen LogP contribution in [0.1, 0.15) is 45.2 Å². The van der Waals surface area contributed by atoms with E-state index in [0.717, 1.165) is 0 Å². The van der Waals surface area contributed by atoms with Gasteiger partial charge in [-0.25, -0.2) is 0 Å². The summed E-state index contributed by atoms with van der Waals surface area (Å²) in [4.78, 5) is 2.51. The quantitative estimate of drug-likeness (QED) is 0.854. The highest BCUT2D eigenvalue weighted by Crippen LogP contribution is 2.40. The van der Waals surface area contributed by atoms with E-state index in [-0.39, 0.29) is 0 Å². The number of anilines is 1. The fourth-order valence-corrected chi connectivity index (χ4v) is 2.80. The summed E-state index contributed by atoms with van der Waals surface area (Å²) in [6, 6.07) is 9.37. The molecule has 2 nitrogen and oxygen atoms in total. The van der Waals surface area contributed by atoms with Gasteiger partial charge in [0.1, 0.15) is 0 Å². The molecule has 0 radical (unpaired) electrons. The zero-order valence-corrected chi connectivity index (χ0v) is 12.2. The second kappa shape index (κ2) is 5.31. The highest BCUT2D eigenvalue weighted by Gasteiger charge is 2.39. The van der Waals surface area contributed by atoms with Crippen LogP contribution in [0.15, 0.2) is 24.3 Å². The molecular weight excluding hydrogens is 220 g/mol. The molecule has 2 heteroatoms. The van der Waals surface area contributed by atoms with Crippen LogP contribution in [-0.2, 0) is 0 Å². The number of hydrogen-bond donors (Lipinski definition) is 1. The molecule has 1 fully saturated rings. The number of nitrogens with zero attached hydrogens (tertiary/aromatic N) is 1. The summed E-state index contributed by atoms with van der Waals surface area (Å²) in [6.45, 7) is 9.28. The molecule has 1 N–H and O–H groups in total. The highest BCUT2D eigenvalue weighted by molar-refractivity contribution is 5.52. The molecular formula is C16H26N2. The fraction of sp³-hybridized carbons (Fsp3) is 0.625. The Kier molecular flexibility index (Phi) is 3.96. The van der Waals surface area contributed by atoms with E-state index in [1.807, 2.05) is 7.05 Å². The minimum absolute atomic E-state index is 0.424. The van der Waals surface area contributed by atoms with Crippen LogP contribution in [0.4, 0.5) is 5.69 Å². The van der Waals surface area contributed by atoms with E-state index in [4.69, 9.17) is 0 Å². The van der Waals surface area contributed by atoms with Crippen LogP contribution in [0.25, 0.3) is 0 Å². The topological polar surface area (TPSA) is 15.3 Å². The van der Waals surface area contributed by atoms with Gasteiger partial charge in [-0.3, -0.25) is 0 Å². The summed E-state index contributed by atoms with van der Waals surface area (Å²) in [5.74, 6) is 0. The largest absolute Gasteiger partial charge is 0.370 e. The van der Waals surface area contributed by atoms with E-state index < -0.39 is 0 Å². The van der Waals surface area contributed by atoms with Crippen LogP contribution in [0.5, 0.6) is 0 Å². The molecule has 0 aliphatic carbocycles. The van der Waals surface area contributed by atoms with Crippen molar-refractivity contribution in [1.82, 2.24) is 5.32 Å². The Hall–Kier alpha value is -1.02. The van der Waals surface area contributed by atoms with Crippen LogP contribution >= 0.6 is 0 Å². The average molecular weight is 246 g/mol. The zero-order valence-electron chi connectivity index (χ0n) is 12.2. The Morgan fingerprint density at radius 1 is 1.28 bits per heavy atom. The summed E-state index contributed by atoms with van der Waals surface area (Å²) in [5.41, 5.74) is 3.33. The van der Waals surface area contributed by atoms with E-state index in [1.54, 1.807) is 0 Å². The lowest BCUT2D eigenvalue weighted by Crippen LogP contribution is -2.55. The lowest BCUT2D eigenvalue weighted by atomic mass is 9.75. The lowest BCUT2D eigenvalue weighted by molar-refractivity contribution is 0.194. The summed E-state index contributed by atoms with van der Waals surface area (Å²) >= 11 is 0. The van der Waals surface area contributed by atoms with Crippen LogP contribution in [0, 0.1) is 5.41 Å². The van der Waals surface area contributed by atoms with Gasteiger partial charge in [0.05, 0.1) is 0 Å². The third-order valence-corrected chi connectivity index (χ3v) is 4.72. The van der Waals surface area contributed by atoms with Gasteiger partial charge in [0.25, 0.3) is 0 Å². The van der Waals surface area contributed by atoms with Gasteiger partial charge < -0.3 is 10.2 Å². The molecule has 100 valence electrons. The van der Waals surface area contributed by atoms with Crippen molar-refractivity contribution in [1.29, 1.82) is 0 Å². The number of nitrogens with one attached hydrogen (secondary N) is 1. The van der Waals surface area contributed by atoms with Crippen molar-refractivity contribution in [2.75, 3.05) is 25.0 Å². The van der Waals surface area contributed by atoms with Crippen molar-refractivity contribution in [3.8, 4) is 0 Å². The molecule has 1 unspecified atom stereocenters. The minimum Gasteiger partial charge on any atom is -0.370 e. The van der Waals surface area contributed by atoms with E-state index in [2.05, 4.69) is 55.3 Å². The van der Waals surface area contributed by atoms with E-state index >= 15 is 0 Å². The molecule has 1 aliphatic heterocycles. The van der Waals surface area contributed by atoms with Crippen molar-refractivity contribution in [2.24, 2.45) is 5.41 Å². The van der Waals surface area contributed by atoms with Crippen molar-refractivity contribution in [3.05, 3.63) is 29.8 Å². The molecule has 1 saturated heterocycles. The van der Waals surface area contributed by atoms with Crippen LogP contribution in [0.2, 0.25) is 0 Å². The van der Waals surface area contributed by atoms with Gasteiger partial charge >= 0.3 is 0 Å². The molecule has 0 spiro atoms. The first-order chi connectivity index (χ1) is 8.64. The molecule has 0 saturated carbocycles. The third kappa shape index (κ3) is 2.39. The van der Waals surface area contributed by atoms with Crippen molar-refractivity contribution in [3.63, 3.8) is 0 Å². The Balaban J connectivity index is 2.08. The van der Waals surface area contributed by atoms with Gasteiger partial charge in [-0.15, -0.1) is 0 Å². The lowest BCUT2D eigenvalue weighted by Gasteiger charge is -2.51. The third-order valence-electron chi connectivity index (χ3n) is 4.72. The molecule has 1 aliphatic rings. The SMILES string of the molecule is CCC1(CC)CN(c2cccc(C(C)NC)c2)C1. The van der Waals surface area contributed by atoms with Crippen LogP contribution < -0.4 is 10.2 Å². The molecule has 0 aromatic heterocycles. The first-order valence-corrected chi connectivity index (χ1v) is 7.16. The van der Waals surface area contributed by atoms with Gasteiger partial charge in [0, 0.05) is 30.2 Å². The molecule has 2 rings (SSSR count). The minimum atomic E-state index is 0.424. The first kappa shape index (κ1) is 13.4. The monoisotopic (exact) mass is 246 g/mol. The van der Waals surface area contributed by atoms with Crippen molar-refractivity contribution < 1.29 is 0 Å². The summed E-state index contributed by atoms with van der Waals surface area (Å²) < 4.78 is 0. The molecule has 0 amide bonds. The number of hydrogen-bond acceptors (Lipinski definition) is 2. The maximum atomic E-state index is 3.30. The van der Waals surface area contributed by atoms with Crippen LogP contribution in [0.3, 0.4) is 0 Å². The van der Waals surface area contributed by atoms with Gasteiger partial charge in [-0.1, -0.05) is 26.0 Å². The summed E-state index contributed by atoms with van der Waals surface area (Å²) in [7, 11) is 2.01. The average Bonchev–Trinajstić information content (AvgIpc) is 2.38. The Morgan fingerprint density at radius 2 is 1.94 bits per heavy atom. The molecule has 1 aromatic rings. The van der Waals surface area contributed by atoms with Crippen LogP contribution in [-0.4, -0.2) is 20.1 Å². The number of benzene rings is 1. The maximum Gasteiger partial charge on any atom is 0.0369 e. The van der Waals surface area contributed by atoms with Gasteiger partial charge in [-0.2, -0.15) is 0 Å². The Morgan fingerprint density at radius 3 is 2.50 bits per heavy atom. The molecule has 1 aromatic carbocycles. The highest BCUT2D eigenvalue weighted by atomic mass is 15.2. The predicted octanol–water partition coefficient (Wildman–Crippen LogP) is 3.59. The Labute approximate surface area is 111 Å². The second-order valence-electron chi connectivity index (χ2n) is 5.67. The normalized spacial score (nSPS) is 19.4. The first-order valence-electron chi connectivity index (χ1n) is 7.16. The molecule has 1 atom stereocenters. The Bertz CT molecular complexity index is 388. The van der Waals surface area contributed by atoms with E-state index in [1.165, 1.54) is 37.2 Å². The maximum absolute atomic E-state index is 3.30. The zero-order chi connectivity index (χ0) is 13.2. The molecule has 18 heavy (non-hydrogen) atoms. The van der Waals surface area contributed by atoms with Crippen molar-refractivity contribution >= 4 is 5.69 Å². The molecule has 1 heterocycles. The van der Waals surface area contributed by atoms with Gasteiger partial charge in [0.2, 0.25) is 0 Å². The standard InChI is InChI=1S/C16H26N2/c1-5-16(6-2)11-18(12-16)15-9-7-8-14(10-15)13(3)17-4/h7-10,13,17H,5-6,11-12H2,1-4H3. The molecule has 0 bridgehead atoms. The smallest absolute Gasteiger partial charge is 0.0369 e. The van der Waals surface area contributed by atoms with E-state index in [0.29, 0.717) is 11.5 Å². The van der Waals surface area contributed by atoms with Gasteiger partial charge in [0.15, 0.2) is 0 Å². The summed E-state index contributed by atoms with van der Waals surface area (Å²) in [5, 5.41) is 3.30. The van der Waals surface area contributed by atoms with E-state index in [9.17, 15) is 0 Å². The predicted molar refractivity (Wildman–Crippen MR) is 79.1 cm³/mol. The summed E-state index contributed by atoms with van der Waals surface area (Å²) in [6.07, 6.45) is 2.60.